The number of hydrogen-bond donors (Lipinski definition) is 0. The van der Waals surface area contributed by atoms with Gasteiger partial charge in [-0.15, -0.1) is 11.3 Å². The Bertz CT molecular complexity index is 3190. The van der Waals surface area contributed by atoms with Crippen LogP contribution >= 0.6 is 11.3 Å². The van der Waals surface area contributed by atoms with Gasteiger partial charge in [0, 0.05) is 32.1 Å². The zero-order chi connectivity index (χ0) is 39.5. The minimum absolute atomic E-state index is 0.0820. The average Bonchev–Trinajstić information content (AvgIpc) is 3.80. The lowest BCUT2D eigenvalue weighted by molar-refractivity contribution is 0.660. The summed E-state index contributed by atoms with van der Waals surface area (Å²) in [6.45, 7) is 4.72. The fraction of sp³-hybridized carbons (Fsp3) is 0.0526. The van der Waals surface area contributed by atoms with Crippen LogP contribution in [-0.2, 0) is 5.41 Å². The third-order valence-corrected chi connectivity index (χ3v) is 13.5. The van der Waals surface area contributed by atoms with Crippen molar-refractivity contribution >= 4 is 48.6 Å². The van der Waals surface area contributed by atoms with Gasteiger partial charge in [-0.2, -0.15) is 0 Å². The summed E-state index contributed by atoms with van der Waals surface area (Å²) in [4.78, 5) is 2.53. The molecule has 0 fully saturated rings. The average molecular weight is 772 g/mol. The predicted molar refractivity (Wildman–Crippen MR) is 253 cm³/mol. The predicted octanol–water partition coefficient (Wildman–Crippen LogP) is 16.5. The number of thiophene rings is 1. The molecule has 0 amide bonds. The molecule has 0 bridgehead atoms. The van der Waals surface area contributed by atoms with Gasteiger partial charge in [-0.05, 0) is 91.5 Å². The van der Waals surface area contributed by atoms with Gasteiger partial charge in [0.05, 0.1) is 16.1 Å². The van der Waals surface area contributed by atoms with Gasteiger partial charge >= 0.3 is 0 Å². The maximum atomic E-state index is 2.53. The lowest BCUT2D eigenvalue weighted by atomic mass is 9.82. The van der Waals surface area contributed by atoms with Crippen LogP contribution in [0.3, 0.4) is 0 Å². The quantitative estimate of drug-likeness (QED) is 0.156. The first-order chi connectivity index (χ1) is 29.1. The molecule has 11 rings (SSSR count). The molecular weight excluding hydrogens is 731 g/mol. The number of anilines is 3. The van der Waals surface area contributed by atoms with Crippen LogP contribution in [0.1, 0.15) is 25.0 Å². The highest BCUT2D eigenvalue weighted by Gasteiger charge is 2.36. The Balaban J connectivity index is 1.22. The summed E-state index contributed by atoms with van der Waals surface area (Å²) in [5.41, 5.74) is 18.4. The van der Waals surface area contributed by atoms with Crippen molar-refractivity contribution in [1.82, 2.24) is 0 Å². The highest BCUT2D eigenvalue weighted by Crippen LogP contribution is 2.54. The van der Waals surface area contributed by atoms with E-state index in [4.69, 9.17) is 0 Å². The molecule has 280 valence electrons. The molecule has 0 saturated heterocycles. The molecule has 1 nitrogen and oxygen atoms in total. The lowest BCUT2D eigenvalue weighted by Gasteiger charge is -2.30. The molecule has 59 heavy (non-hydrogen) atoms. The molecule has 1 heterocycles. The van der Waals surface area contributed by atoms with E-state index in [2.05, 4.69) is 231 Å². The Morgan fingerprint density at radius 3 is 1.69 bits per heavy atom. The monoisotopic (exact) mass is 771 g/mol. The molecule has 1 aliphatic rings. The summed E-state index contributed by atoms with van der Waals surface area (Å²) in [5, 5.41) is 2.56. The zero-order valence-electron chi connectivity index (χ0n) is 33.1. The molecule has 1 aliphatic carbocycles. The molecule has 0 atom stereocenters. The van der Waals surface area contributed by atoms with Gasteiger partial charge in [0.25, 0.3) is 0 Å². The molecule has 0 aliphatic heterocycles. The highest BCUT2D eigenvalue weighted by molar-refractivity contribution is 7.26. The van der Waals surface area contributed by atoms with Crippen molar-refractivity contribution in [3.63, 3.8) is 0 Å². The van der Waals surface area contributed by atoms with Crippen molar-refractivity contribution in [3.05, 3.63) is 223 Å². The van der Waals surface area contributed by atoms with Crippen molar-refractivity contribution in [2.75, 3.05) is 4.90 Å². The van der Waals surface area contributed by atoms with Crippen LogP contribution in [-0.4, -0.2) is 0 Å². The van der Waals surface area contributed by atoms with Crippen LogP contribution in [0.2, 0.25) is 0 Å². The Hall–Kier alpha value is -7.00. The summed E-state index contributed by atoms with van der Waals surface area (Å²) in [5.74, 6) is 0. The first kappa shape index (κ1) is 35.2. The summed E-state index contributed by atoms with van der Waals surface area (Å²) in [6, 6.07) is 78.1. The van der Waals surface area contributed by atoms with Crippen LogP contribution in [0.4, 0.5) is 17.1 Å². The molecule has 0 spiro atoms. The van der Waals surface area contributed by atoms with Crippen molar-refractivity contribution in [1.29, 1.82) is 0 Å². The summed E-state index contributed by atoms with van der Waals surface area (Å²) in [6.07, 6.45) is 0. The number of benzene rings is 9. The van der Waals surface area contributed by atoms with Gasteiger partial charge in [0.2, 0.25) is 0 Å². The van der Waals surface area contributed by atoms with E-state index in [0.717, 1.165) is 17.1 Å². The summed E-state index contributed by atoms with van der Waals surface area (Å²) in [7, 11) is 0. The maximum Gasteiger partial charge on any atom is 0.0640 e. The second-order valence-corrected chi connectivity index (χ2v) is 17.1. The SMILES string of the molecule is CC1(C)c2ccccc2-c2c(-c3cccc(N(c4cccc(-c5ccccc5)c4-c4ccccc4-c4ccccc4)c4cccc5c4sc4ccccc45)c3)cccc21. The van der Waals surface area contributed by atoms with Gasteiger partial charge in [0.1, 0.15) is 0 Å². The molecule has 0 unspecified atom stereocenters. The van der Waals surface area contributed by atoms with Gasteiger partial charge in [-0.25, -0.2) is 0 Å². The number of rotatable bonds is 7. The molecule has 1 aromatic heterocycles. The largest absolute Gasteiger partial charge is 0.308 e. The van der Waals surface area contributed by atoms with Gasteiger partial charge in [-0.1, -0.05) is 196 Å². The third-order valence-electron chi connectivity index (χ3n) is 12.3. The topological polar surface area (TPSA) is 3.24 Å². The molecule has 0 N–H and O–H groups in total. The van der Waals surface area contributed by atoms with E-state index in [0.29, 0.717) is 0 Å². The Labute approximate surface area is 350 Å². The zero-order valence-corrected chi connectivity index (χ0v) is 33.9. The standard InChI is InChI=1S/C57H41NS/c1-57(2)49-32-13-11-28-48(49)54-44(29-16-33-50(54)57)40-23-15-24-41(37-40)58(52-35-18-31-47-45-26-12-14-36-53(45)59-56(47)52)51-34-17-30-43(39-21-7-4-8-22-39)55(51)46-27-10-9-25-42(46)38-19-5-3-6-20-38/h3-37H,1-2H3. The molecule has 9 aromatic carbocycles. The summed E-state index contributed by atoms with van der Waals surface area (Å²) < 4.78 is 2.56. The van der Waals surface area contributed by atoms with Gasteiger partial charge in [-0.3, -0.25) is 0 Å². The van der Waals surface area contributed by atoms with Crippen molar-refractivity contribution in [3.8, 4) is 55.6 Å². The second-order valence-electron chi connectivity index (χ2n) is 16.0. The lowest BCUT2D eigenvalue weighted by Crippen LogP contribution is -2.14. The fourth-order valence-corrected chi connectivity index (χ4v) is 10.8. The van der Waals surface area contributed by atoms with Crippen molar-refractivity contribution in [2.45, 2.75) is 19.3 Å². The first-order valence-electron chi connectivity index (χ1n) is 20.4. The molecule has 0 saturated carbocycles. The van der Waals surface area contributed by atoms with Crippen LogP contribution in [0.15, 0.2) is 212 Å². The summed E-state index contributed by atoms with van der Waals surface area (Å²) >= 11 is 1.88. The van der Waals surface area contributed by atoms with Crippen LogP contribution in [0, 0.1) is 0 Å². The third kappa shape index (κ3) is 5.74. The van der Waals surface area contributed by atoms with E-state index >= 15 is 0 Å². The van der Waals surface area contributed by atoms with Crippen LogP contribution in [0.25, 0.3) is 75.8 Å². The van der Waals surface area contributed by atoms with Crippen LogP contribution < -0.4 is 4.90 Å². The molecule has 2 heteroatoms. The Kier molecular flexibility index (Phi) is 8.43. The normalized spacial score (nSPS) is 12.7. The van der Waals surface area contributed by atoms with E-state index in [1.165, 1.54) is 86.9 Å². The number of hydrogen-bond acceptors (Lipinski definition) is 2. The maximum absolute atomic E-state index is 2.53. The minimum Gasteiger partial charge on any atom is -0.308 e. The van der Waals surface area contributed by atoms with Gasteiger partial charge in [0.15, 0.2) is 0 Å². The Morgan fingerprint density at radius 1 is 0.373 bits per heavy atom. The second kappa shape index (κ2) is 14.1. The van der Waals surface area contributed by atoms with Crippen LogP contribution in [0.5, 0.6) is 0 Å². The smallest absolute Gasteiger partial charge is 0.0640 e. The molecule has 0 radical (unpaired) electrons. The van der Waals surface area contributed by atoms with E-state index in [1.807, 2.05) is 11.3 Å². The van der Waals surface area contributed by atoms with Crippen molar-refractivity contribution in [2.24, 2.45) is 0 Å². The van der Waals surface area contributed by atoms with E-state index < -0.39 is 0 Å². The first-order valence-corrected chi connectivity index (χ1v) is 21.3. The van der Waals surface area contributed by atoms with Gasteiger partial charge < -0.3 is 4.90 Å². The van der Waals surface area contributed by atoms with Crippen molar-refractivity contribution < 1.29 is 0 Å². The minimum atomic E-state index is -0.0820. The number of nitrogens with zero attached hydrogens (tertiary/aromatic N) is 1. The van der Waals surface area contributed by atoms with E-state index in [9.17, 15) is 0 Å². The highest BCUT2D eigenvalue weighted by atomic mass is 32.1. The fourth-order valence-electron chi connectivity index (χ4n) is 9.56. The van der Waals surface area contributed by atoms with E-state index in [-0.39, 0.29) is 5.41 Å². The van der Waals surface area contributed by atoms with E-state index in [1.54, 1.807) is 0 Å². The molecular formula is C57H41NS. The Morgan fingerprint density at radius 2 is 0.898 bits per heavy atom. The molecule has 10 aromatic rings. The number of fused-ring (bicyclic) bond motifs is 6.